The molecule has 0 bridgehead atoms. The molecule has 1 aliphatic rings. The third-order valence-corrected chi connectivity index (χ3v) is 7.98. The fourth-order valence-electron chi connectivity index (χ4n) is 6.23. The molecule has 2 heteroatoms. The number of allylic oxidation sites excluding steroid dienone is 4. The molecule has 0 saturated carbocycles. The molecule has 0 fully saturated rings. The molecular weight excluding hydrogens is 460 g/mol. The van der Waals surface area contributed by atoms with Gasteiger partial charge in [-0.25, -0.2) is 0 Å². The van der Waals surface area contributed by atoms with Crippen molar-refractivity contribution in [3.8, 4) is 16.8 Å². The van der Waals surface area contributed by atoms with Crippen LogP contribution < -0.4 is 0 Å². The Kier molecular flexibility index (Phi) is 4.68. The lowest BCUT2D eigenvalue weighted by molar-refractivity contribution is 0.979. The van der Waals surface area contributed by atoms with Crippen LogP contribution in [0.25, 0.3) is 66.1 Å². The van der Waals surface area contributed by atoms with E-state index in [4.69, 9.17) is 0 Å². The molecule has 5 aromatic carbocycles. The van der Waals surface area contributed by atoms with Gasteiger partial charge in [0, 0.05) is 32.9 Å². The van der Waals surface area contributed by atoms with Gasteiger partial charge in [-0.15, -0.1) is 0 Å². The third-order valence-electron chi connectivity index (χ3n) is 7.98. The predicted octanol–water partition coefficient (Wildman–Crippen LogP) is 9.75. The Balaban J connectivity index is 1.43. The van der Waals surface area contributed by atoms with Crippen molar-refractivity contribution in [3.63, 3.8) is 0 Å². The van der Waals surface area contributed by atoms with E-state index in [9.17, 15) is 0 Å². The summed E-state index contributed by atoms with van der Waals surface area (Å²) in [5.74, 6) is 0. The predicted molar refractivity (Wildman–Crippen MR) is 162 cm³/mol. The number of hydrogen-bond donors (Lipinski definition) is 0. The summed E-state index contributed by atoms with van der Waals surface area (Å²) in [7, 11) is 0. The summed E-state index contributed by atoms with van der Waals surface area (Å²) >= 11 is 0. The molecule has 0 aliphatic heterocycles. The lowest BCUT2D eigenvalue weighted by Gasteiger charge is -2.14. The van der Waals surface area contributed by atoms with E-state index < -0.39 is 0 Å². The molecule has 0 radical (unpaired) electrons. The molecule has 0 amide bonds. The smallest absolute Gasteiger partial charge is 0.0548 e. The molecule has 2 heterocycles. The molecule has 38 heavy (non-hydrogen) atoms. The van der Waals surface area contributed by atoms with E-state index in [1.807, 2.05) is 0 Å². The minimum Gasteiger partial charge on any atom is -0.313 e. The van der Waals surface area contributed by atoms with Crippen molar-refractivity contribution < 1.29 is 0 Å². The number of aromatic nitrogens is 2. The van der Waals surface area contributed by atoms with Crippen LogP contribution in [0, 0.1) is 0 Å². The van der Waals surface area contributed by atoms with Crippen LogP contribution in [0.1, 0.15) is 12.8 Å². The molecule has 1 aliphatic carbocycles. The third kappa shape index (κ3) is 3.13. The van der Waals surface area contributed by atoms with Crippen LogP contribution >= 0.6 is 0 Å². The van der Waals surface area contributed by atoms with Crippen molar-refractivity contribution in [3.05, 3.63) is 133 Å². The lowest BCUT2D eigenvalue weighted by Crippen LogP contribution is -1.98. The van der Waals surface area contributed by atoms with Crippen LogP contribution in [0.5, 0.6) is 0 Å². The zero-order valence-corrected chi connectivity index (χ0v) is 21.0. The Bertz CT molecular complexity index is 2050. The van der Waals surface area contributed by atoms with Crippen molar-refractivity contribution in [2.45, 2.75) is 12.8 Å². The monoisotopic (exact) mass is 486 g/mol. The van der Waals surface area contributed by atoms with Gasteiger partial charge in [-0.3, -0.25) is 0 Å². The number of rotatable bonds is 3. The molecule has 0 unspecified atom stereocenters. The first-order valence-corrected chi connectivity index (χ1v) is 13.4. The van der Waals surface area contributed by atoms with E-state index in [2.05, 4.69) is 143 Å². The van der Waals surface area contributed by atoms with Gasteiger partial charge in [-0.2, -0.15) is 0 Å². The summed E-state index contributed by atoms with van der Waals surface area (Å²) in [6.45, 7) is 0. The van der Waals surface area contributed by atoms with E-state index in [0.29, 0.717) is 0 Å². The zero-order chi connectivity index (χ0) is 25.1. The number of fused-ring (bicyclic) bond motifs is 6. The van der Waals surface area contributed by atoms with Gasteiger partial charge in [0.2, 0.25) is 0 Å². The molecule has 2 aromatic heterocycles. The summed E-state index contributed by atoms with van der Waals surface area (Å²) in [5.41, 5.74) is 10.0. The van der Waals surface area contributed by atoms with E-state index >= 15 is 0 Å². The van der Waals surface area contributed by atoms with Crippen LogP contribution in [-0.4, -0.2) is 9.13 Å². The van der Waals surface area contributed by atoms with Gasteiger partial charge in [-0.1, -0.05) is 91.0 Å². The summed E-state index contributed by atoms with van der Waals surface area (Å²) in [6, 6.07) is 42.0. The molecule has 0 spiro atoms. The second-order valence-corrected chi connectivity index (χ2v) is 10.1. The van der Waals surface area contributed by atoms with E-state index in [1.165, 1.54) is 66.1 Å². The van der Waals surface area contributed by atoms with Crippen LogP contribution in [0.4, 0.5) is 0 Å². The van der Waals surface area contributed by atoms with Crippen molar-refractivity contribution in [1.29, 1.82) is 0 Å². The molecular formula is C36H26N2. The number of benzene rings is 5. The van der Waals surface area contributed by atoms with Crippen molar-refractivity contribution in [2.75, 3.05) is 0 Å². The quantitative estimate of drug-likeness (QED) is 0.235. The fraction of sp³-hybridized carbons (Fsp3) is 0.0556. The highest BCUT2D eigenvalue weighted by atomic mass is 15.0. The Labute approximate surface area is 221 Å². The maximum absolute atomic E-state index is 2.48. The molecule has 180 valence electrons. The fourth-order valence-corrected chi connectivity index (χ4v) is 6.23. The summed E-state index contributed by atoms with van der Waals surface area (Å²) in [4.78, 5) is 0. The molecule has 0 saturated heterocycles. The number of hydrogen-bond acceptors (Lipinski definition) is 0. The Morgan fingerprint density at radius 3 is 1.71 bits per heavy atom. The zero-order valence-electron chi connectivity index (χ0n) is 21.0. The van der Waals surface area contributed by atoms with Gasteiger partial charge < -0.3 is 9.13 Å². The van der Waals surface area contributed by atoms with Crippen molar-refractivity contribution >= 4 is 49.3 Å². The topological polar surface area (TPSA) is 9.86 Å². The van der Waals surface area contributed by atoms with E-state index in [1.54, 1.807) is 0 Å². The van der Waals surface area contributed by atoms with Gasteiger partial charge in [-0.05, 0) is 66.4 Å². The average molecular weight is 487 g/mol. The standard InChI is InChI=1S/C36H26N2/c1-3-11-25(12-4-1)26-19-21-28(22-20-26)38-34-18-10-8-16-30(34)32-23-35-31(24-36(32)38)29-15-7-9-17-33(29)37(35)27-13-5-2-6-14-27/h1-5,7-13,15-24H,6,14H2. The van der Waals surface area contributed by atoms with Gasteiger partial charge in [0.15, 0.2) is 0 Å². The van der Waals surface area contributed by atoms with Crippen LogP contribution in [0.15, 0.2) is 133 Å². The molecule has 0 atom stereocenters. The highest BCUT2D eigenvalue weighted by Crippen LogP contribution is 2.40. The first-order chi connectivity index (χ1) is 18.9. The minimum atomic E-state index is 1.05. The first-order valence-electron chi connectivity index (χ1n) is 13.4. The van der Waals surface area contributed by atoms with Gasteiger partial charge in [0.1, 0.15) is 0 Å². The molecule has 2 nitrogen and oxygen atoms in total. The van der Waals surface area contributed by atoms with Gasteiger partial charge >= 0.3 is 0 Å². The SMILES string of the molecule is C1=CCCC(n2c3ccccc3c3cc4c(cc32)c2ccccc2n4-c2ccc(-c3ccccc3)cc2)=C1. The lowest BCUT2D eigenvalue weighted by atomic mass is 10.1. The number of para-hydroxylation sites is 2. The largest absolute Gasteiger partial charge is 0.313 e. The van der Waals surface area contributed by atoms with Crippen LogP contribution in [0.2, 0.25) is 0 Å². The van der Waals surface area contributed by atoms with Crippen molar-refractivity contribution in [2.24, 2.45) is 0 Å². The maximum Gasteiger partial charge on any atom is 0.0548 e. The van der Waals surface area contributed by atoms with Crippen molar-refractivity contribution in [1.82, 2.24) is 9.13 Å². The highest BCUT2D eigenvalue weighted by molar-refractivity contribution is 6.19. The molecule has 8 rings (SSSR count). The summed E-state index contributed by atoms with van der Waals surface area (Å²) in [5, 5.41) is 5.17. The number of nitrogens with zero attached hydrogens (tertiary/aromatic N) is 2. The van der Waals surface area contributed by atoms with E-state index in [-0.39, 0.29) is 0 Å². The Hall–Kier alpha value is -4.82. The average Bonchev–Trinajstić information content (AvgIpc) is 3.49. The molecule has 0 N–H and O–H groups in total. The normalized spacial score (nSPS) is 13.6. The van der Waals surface area contributed by atoms with Gasteiger partial charge in [0.25, 0.3) is 0 Å². The molecule has 7 aromatic rings. The second kappa shape index (κ2) is 8.36. The first kappa shape index (κ1) is 21.3. The summed E-state index contributed by atoms with van der Waals surface area (Å²) < 4.78 is 4.90. The van der Waals surface area contributed by atoms with Gasteiger partial charge in [0.05, 0.1) is 22.1 Å². The van der Waals surface area contributed by atoms with Crippen LogP contribution in [0.3, 0.4) is 0 Å². The highest BCUT2D eigenvalue weighted by Gasteiger charge is 2.19. The second-order valence-electron chi connectivity index (χ2n) is 10.1. The maximum atomic E-state index is 2.48. The summed E-state index contributed by atoms with van der Waals surface area (Å²) in [6.07, 6.45) is 8.87. The Morgan fingerprint density at radius 2 is 1.05 bits per heavy atom. The van der Waals surface area contributed by atoms with Crippen LogP contribution in [-0.2, 0) is 0 Å². The Morgan fingerprint density at radius 1 is 0.474 bits per heavy atom. The minimum absolute atomic E-state index is 1.05. The van der Waals surface area contributed by atoms with E-state index in [0.717, 1.165) is 12.8 Å².